The summed E-state index contributed by atoms with van der Waals surface area (Å²) in [6.45, 7) is 1.74. The fourth-order valence-corrected chi connectivity index (χ4v) is 3.66. The maximum absolute atomic E-state index is 13.3. The van der Waals surface area contributed by atoms with Gasteiger partial charge in [0.2, 0.25) is 0 Å². The first kappa shape index (κ1) is 21.8. The molecule has 4 rings (SSSR count). The lowest BCUT2D eigenvalue weighted by Gasteiger charge is -2.17. The summed E-state index contributed by atoms with van der Waals surface area (Å²) in [5.41, 5.74) is 7.58. The normalized spacial score (nSPS) is 11.9. The lowest BCUT2D eigenvalue weighted by atomic mass is 10.2. The second-order valence-corrected chi connectivity index (χ2v) is 7.83. The maximum Gasteiger partial charge on any atom is 0.323 e. The van der Waals surface area contributed by atoms with Gasteiger partial charge in [0.05, 0.1) is 38.4 Å². The van der Waals surface area contributed by atoms with Crippen LogP contribution in [-0.2, 0) is 0 Å². The number of urea groups is 1. The first-order chi connectivity index (χ1) is 15.3. The minimum atomic E-state index is -0.528. The fourth-order valence-electron chi connectivity index (χ4n) is 3.25. The molecule has 0 saturated carbocycles. The Bertz CT molecular complexity index is 1390. The van der Waals surface area contributed by atoms with E-state index in [1.54, 1.807) is 55.5 Å². The second-order valence-electron chi connectivity index (χ2n) is 7.02. The van der Waals surface area contributed by atoms with E-state index in [9.17, 15) is 9.59 Å². The van der Waals surface area contributed by atoms with E-state index in [-0.39, 0.29) is 5.56 Å². The van der Waals surface area contributed by atoms with E-state index in [4.69, 9.17) is 28.9 Å². The third-order valence-corrected chi connectivity index (χ3v) is 5.28. The van der Waals surface area contributed by atoms with E-state index in [0.29, 0.717) is 43.8 Å². The van der Waals surface area contributed by atoms with Gasteiger partial charge in [-0.05, 0) is 43.3 Å². The van der Waals surface area contributed by atoms with Gasteiger partial charge in [-0.15, -0.1) is 0 Å². The quantitative estimate of drug-likeness (QED) is 0.399. The van der Waals surface area contributed by atoms with E-state index in [2.05, 4.69) is 20.6 Å². The first-order valence-corrected chi connectivity index (χ1v) is 10.4. The molecule has 2 aromatic heterocycles. The van der Waals surface area contributed by atoms with Crippen molar-refractivity contribution >= 4 is 51.5 Å². The summed E-state index contributed by atoms with van der Waals surface area (Å²) < 4.78 is 1.40. The number of halogens is 2. The van der Waals surface area contributed by atoms with Crippen LogP contribution in [0, 0.1) is 0 Å². The molecule has 2 amide bonds. The maximum atomic E-state index is 13.3. The summed E-state index contributed by atoms with van der Waals surface area (Å²) in [7, 11) is 0. The van der Waals surface area contributed by atoms with Crippen LogP contribution in [0.3, 0.4) is 0 Å². The van der Waals surface area contributed by atoms with Crippen LogP contribution in [0.15, 0.2) is 65.7 Å². The number of benzene rings is 2. The minimum absolute atomic E-state index is 0.294. The van der Waals surface area contributed by atoms with Crippen molar-refractivity contribution in [2.75, 3.05) is 10.6 Å². The van der Waals surface area contributed by atoms with Crippen LogP contribution in [0.1, 0.15) is 18.8 Å². The molecule has 162 valence electrons. The molecule has 4 N–H and O–H groups in total. The summed E-state index contributed by atoms with van der Waals surface area (Å²) in [6, 6.07) is 12.4. The van der Waals surface area contributed by atoms with E-state index in [0.717, 1.165) is 0 Å². The van der Waals surface area contributed by atoms with Gasteiger partial charge < -0.3 is 16.4 Å². The Morgan fingerprint density at radius 2 is 1.88 bits per heavy atom. The number of carbonyl (C=O) groups excluding carboxylic acids is 1. The molecule has 1 atom stereocenters. The first-order valence-electron chi connectivity index (χ1n) is 9.60. The number of amides is 2. The molecule has 0 unspecified atom stereocenters. The highest BCUT2D eigenvalue weighted by atomic mass is 35.5. The predicted octanol–water partition coefficient (Wildman–Crippen LogP) is 4.75. The molecule has 0 spiro atoms. The van der Waals surface area contributed by atoms with E-state index in [1.165, 1.54) is 17.0 Å². The Kier molecular flexibility index (Phi) is 6.09. The van der Waals surface area contributed by atoms with Crippen LogP contribution >= 0.6 is 23.2 Å². The number of rotatable bonds is 4. The van der Waals surface area contributed by atoms with Gasteiger partial charge in [-0.1, -0.05) is 35.3 Å². The van der Waals surface area contributed by atoms with Gasteiger partial charge in [0, 0.05) is 18.1 Å². The number of nitrogens with one attached hydrogen (secondary N) is 2. The summed E-state index contributed by atoms with van der Waals surface area (Å²) in [6.07, 6.45) is 2.94. The van der Waals surface area contributed by atoms with Gasteiger partial charge in [-0.25, -0.2) is 9.78 Å². The Morgan fingerprint density at radius 3 is 2.62 bits per heavy atom. The molecule has 2 heterocycles. The highest BCUT2D eigenvalue weighted by molar-refractivity contribution is 6.35. The predicted molar refractivity (Wildman–Crippen MR) is 127 cm³/mol. The van der Waals surface area contributed by atoms with Crippen molar-refractivity contribution in [3.05, 3.63) is 87.1 Å². The van der Waals surface area contributed by atoms with Crippen LogP contribution in [0.2, 0.25) is 10.0 Å². The Labute approximate surface area is 193 Å². The van der Waals surface area contributed by atoms with Crippen LogP contribution < -0.4 is 21.9 Å². The van der Waals surface area contributed by atoms with Gasteiger partial charge in [-0.2, -0.15) is 0 Å². The average molecular weight is 469 g/mol. The molecule has 4 aromatic rings. The van der Waals surface area contributed by atoms with E-state index in [1.807, 2.05) is 0 Å². The number of nitrogens with zero attached hydrogens (tertiary/aromatic N) is 3. The Morgan fingerprint density at radius 1 is 1.09 bits per heavy atom. The van der Waals surface area contributed by atoms with Gasteiger partial charge in [0.1, 0.15) is 5.82 Å². The van der Waals surface area contributed by atoms with Crippen molar-refractivity contribution in [3.8, 4) is 5.69 Å². The Hall–Kier alpha value is -3.46. The minimum Gasteiger partial charge on any atom is -0.322 e. The summed E-state index contributed by atoms with van der Waals surface area (Å²) in [4.78, 5) is 34.2. The lowest BCUT2D eigenvalue weighted by Crippen LogP contribution is -2.28. The molecule has 2 aromatic carbocycles. The zero-order chi connectivity index (χ0) is 22.8. The SMILES string of the molecule is C[C@H](N)c1nc2cccc(Cl)c2c(=O)n1-c1cccc(NC(=O)Nc2ccncc2Cl)c1. The highest BCUT2D eigenvalue weighted by Gasteiger charge is 2.18. The smallest absolute Gasteiger partial charge is 0.322 e. The van der Waals surface area contributed by atoms with E-state index < -0.39 is 12.1 Å². The van der Waals surface area contributed by atoms with Crippen LogP contribution in [0.4, 0.5) is 16.2 Å². The van der Waals surface area contributed by atoms with Crippen LogP contribution in [0.25, 0.3) is 16.6 Å². The zero-order valence-corrected chi connectivity index (χ0v) is 18.4. The average Bonchev–Trinajstić information content (AvgIpc) is 2.75. The molecule has 32 heavy (non-hydrogen) atoms. The summed E-state index contributed by atoms with van der Waals surface area (Å²) >= 11 is 12.3. The second kappa shape index (κ2) is 8.96. The molecule has 10 heteroatoms. The number of hydrogen-bond donors (Lipinski definition) is 3. The highest BCUT2D eigenvalue weighted by Crippen LogP contribution is 2.24. The molecule has 0 radical (unpaired) electrons. The molecule has 8 nitrogen and oxygen atoms in total. The fraction of sp³-hybridized carbons (Fsp3) is 0.0909. The molecule has 0 bridgehead atoms. The number of pyridine rings is 1. The van der Waals surface area contributed by atoms with Crippen molar-refractivity contribution in [2.24, 2.45) is 5.73 Å². The van der Waals surface area contributed by atoms with Crippen molar-refractivity contribution in [1.82, 2.24) is 14.5 Å². The standard InChI is InChI=1S/C22H18Cl2N6O2/c1-12(25)20-28-18-7-3-6-15(23)19(18)21(31)30(20)14-5-2-4-13(10-14)27-22(32)29-17-8-9-26-11-16(17)24/h2-12H,25H2,1H3,(H2,26,27,29,32)/t12-/m0/s1. The number of anilines is 2. The Balaban J connectivity index is 1.73. The molecular formula is C22H18Cl2N6O2. The van der Waals surface area contributed by atoms with Crippen molar-refractivity contribution in [1.29, 1.82) is 0 Å². The third kappa shape index (κ3) is 4.29. The topological polar surface area (TPSA) is 115 Å². The lowest BCUT2D eigenvalue weighted by molar-refractivity contribution is 0.262. The van der Waals surface area contributed by atoms with E-state index >= 15 is 0 Å². The largest absolute Gasteiger partial charge is 0.323 e. The van der Waals surface area contributed by atoms with Gasteiger partial charge >= 0.3 is 6.03 Å². The summed E-state index contributed by atoms with van der Waals surface area (Å²) in [5, 5.41) is 6.27. The van der Waals surface area contributed by atoms with Gasteiger partial charge in [0.25, 0.3) is 5.56 Å². The number of hydrogen-bond acceptors (Lipinski definition) is 5. The van der Waals surface area contributed by atoms with Crippen LogP contribution in [0.5, 0.6) is 0 Å². The zero-order valence-electron chi connectivity index (χ0n) is 16.8. The number of fused-ring (bicyclic) bond motifs is 1. The van der Waals surface area contributed by atoms with Crippen molar-refractivity contribution in [3.63, 3.8) is 0 Å². The number of aromatic nitrogens is 3. The van der Waals surface area contributed by atoms with Crippen molar-refractivity contribution < 1.29 is 4.79 Å². The van der Waals surface area contributed by atoms with Gasteiger partial charge in [-0.3, -0.25) is 14.3 Å². The van der Waals surface area contributed by atoms with Gasteiger partial charge in [0.15, 0.2) is 0 Å². The molecule has 0 aliphatic heterocycles. The van der Waals surface area contributed by atoms with Crippen molar-refractivity contribution in [2.45, 2.75) is 13.0 Å². The monoisotopic (exact) mass is 468 g/mol. The number of carbonyl (C=O) groups is 1. The number of nitrogens with two attached hydrogens (primary N) is 1. The molecule has 0 fully saturated rings. The molecule has 0 saturated heterocycles. The molecular weight excluding hydrogens is 451 g/mol. The summed E-state index contributed by atoms with van der Waals surface area (Å²) in [5.74, 6) is 0.370. The van der Waals surface area contributed by atoms with Crippen LogP contribution in [-0.4, -0.2) is 20.6 Å². The third-order valence-electron chi connectivity index (χ3n) is 4.66. The molecule has 0 aliphatic carbocycles. The molecule has 0 aliphatic rings.